The summed E-state index contributed by atoms with van der Waals surface area (Å²) in [5, 5.41) is 7.97. The molecular formula is C25H33N3O4. The van der Waals surface area contributed by atoms with Gasteiger partial charge in [0.1, 0.15) is 12.1 Å². The van der Waals surface area contributed by atoms with Crippen molar-refractivity contribution < 1.29 is 19.1 Å². The summed E-state index contributed by atoms with van der Waals surface area (Å²) in [7, 11) is 3.41. The molecule has 172 valence electrons. The van der Waals surface area contributed by atoms with Crippen molar-refractivity contribution in [1.29, 1.82) is 0 Å². The molecular weight excluding hydrogens is 406 g/mol. The summed E-state index contributed by atoms with van der Waals surface area (Å²) in [5.74, 6) is -0.552. The molecule has 3 rings (SSSR count). The summed E-state index contributed by atoms with van der Waals surface area (Å²) >= 11 is 0. The van der Waals surface area contributed by atoms with Crippen molar-refractivity contribution in [3.63, 3.8) is 0 Å². The van der Waals surface area contributed by atoms with Crippen molar-refractivity contribution in [2.45, 2.75) is 51.4 Å². The lowest BCUT2D eigenvalue weighted by molar-refractivity contribution is -0.140. The summed E-state index contributed by atoms with van der Waals surface area (Å²) in [4.78, 5) is 39.0. The van der Waals surface area contributed by atoms with Gasteiger partial charge in [-0.15, -0.1) is 0 Å². The fourth-order valence-electron chi connectivity index (χ4n) is 3.94. The van der Waals surface area contributed by atoms with E-state index >= 15 is 0 Å². The zero-order valence-corrected chi connectivity index (χ0v) is 19.3. The molecule has 0 aromatic heterocycles. The number of fused-ring (bicyclic) bond motifs is 1. The van der Waals surface area contributed by atoms with Gasteiger partial charge < -0.3 is 20.3 Å². The highest BCUT2D eigenvalue weighted by molar-refractivity contribution is 5.89. The molecule has 3 atom stereocenters. The minimum atomic E-state index is -0.636. The van der Waals surface area contributed by atoms with Crippen LogP contribution in [0.15, 0.2) is 42.5 Å². The molecule has 0 bridgehead atoms. The van der Waals surface area contributed by atoms with Gasteiger partial charge in [-0.1, -0.05) is 56.3 Å². The lowest BCUT2D eigenvalue weighted by atomic mass is 10.0. The fourth-order valence-corrected chi connectivity index (χ4v) is 3.94. The smallest absolute Gasteiger partial charge is 0.251 e. The Labute approximate surface area is 189 Å². The molecule has 0 aliphatic carbocycles. The largest absolute Gasteiger partial charge is 0.363 e. The molecule has 1 aliphatic rings. The second-order valence-electron chi connectivity index (χ2n) is 8.95. The van der Waals surface area contributed by atoms with Gasteiger partial charge in [0.2, 0.25) is 11.8 Å². The highest BCUT2D eigenvalue weighted by Crippen LogP contribution is 2.20. The second-order valence-corrected chi connectivity index (χ2v) is 8.95. The van der Waals surface area contributed by atoms with Gasteiger partial charge in [-0.2, -0.15) is 0 Å². The number of likely N-dealkylation sites (N-methyl/N-ethyl adjacent to an activating group) is 1. The quantitative estimate of drug-likeness (QED) is 0.661. The third-order valence-corrected chi connectivity index (χ3v) is 5.77. The average Bonchev–Trinajstić information content (AvgIpc) is 3.24. The van der Waals surface area contributed by atoms with Gasteiger partial charge in [0.25, 0.3) is 5.91 Å². The first-order valence-electron chi connectivity index (χ1n) is 11.2. The number of hydrogen-bond acceptors (Lipinski definition) is 4. The van der Waals surface area contributed by atoms with Gasteiger partial charge >= 0.3 is 0 Å². The van der Waals surface area contributed by atoms with E-state index < -0.39 is 12.1 Å². The van der Waals surface area contributed by atoms with Crippen molar-refractivity contribution in [3.05, 3.63) is 48.0 Å². The Balaban J connectivity index is 1.52. The molecule has 1 saturated heterocycles. The van der Waals surface area contributed by atoms with Crippen LogP contribution >= 0.6 is 0 Å². The van der Waals surface area contributed by atoms with E-state index in [2.05, 4.69) is 10.6 Å². The third-order valence-electron chi connectivity index (χ3n) is 5.77. The van der Waals surface area contributed by atoms with Gasteiger partial charge in [0.05, 0.1) is 12.5 Å². The maximum absolute atomic E-state index is 12.8. The Morgan fingerprint density at radius 1 is 1.06 bits per heavy atom. The molecule has 0 spiro atoms. The number of carbonyl (C=O) groups is 3. The zero-order chi connectivity index (χ0) is 23.3. The predicted molar refractivity (Wildman–Crippen MR) is 124 cm³/mol. The molecule has 0 radical (unpaired) electrons. The van der Waals surface area contributed by atoms with Crippen molar-refractivity contribution in [1.82, 2.24) is 15.5 Å². The number of benzene rings is 2. The van der Waals surface area contributed by atoms with E-state index in [9.17, 15) is 14.4 Å². The molecule has 2 aromatic rings. The molecule has 7 heteroatoms. The number of carbonyl (C=O) groups excluding carboxylic acids is 3. The highest BCUT2D eigenvalue weighted by Gasteiger charge is 2.32. The van der Waals surface area contributed by atoms with Crippen LogP contribution in [0.3, 0.4) is 0 Å². The van der Waals surface area contributed by atoms with Crippen LogP contribution in [0, 0.1) is 5.92 Å². The molecule has 1 aliphatic heterocycles. The highest BCUT2D eigenvalue weighted by atomic mass is 16.5. The van der Waals surface area contributed by atoms with Crippen LogP contribution in [0.25, 0.3) is 10.8 Å². The van der Waals surface area contributed by atoms with Crippen LogP contribution < -0.4 is 10.6 Å². The van der Waals surface area contributed by atoms with Crippen LogP contribution in [0.1, 0.15) is 32.3 Å². The standard InChI is InChI=1S/C25H33N3O4/c1-16(2)23(24(30)26-15-20-11-12-21(32-20)25(31)28(3)4)27-22(29)14-17-9-10-18-7-5-6-8-19(18)13-17/h5-10,13,16,20-21,23H,11-12,14-15H2,1-4H3,(H,26,30)(H,27,29)/t20-,21+,23+/m1/s1. The Morgan fingerprint density at radius 2 is 1.78 bits per heavy atom. The zero-order valence-electron chi connectivity index (χ0n) is 19.3. The number of rotatable bonds is 8. The first-order chi connectivity index (χ1) is 15.2. The van der Waals surface area contributed by atoms with Gasteiger partial charge in [-0.05, 0) is 35.1 Å². The second kappa shape index (κ2) is 10.6. The molecule has 1 heterocycles. The normalized spacial score (nSPS) is 19.0. The van der Waals surface area contributed by atoms with Crippen LogP contribution in [-0.4, -0.2) is 61.5 Å². The molecule has 7 nitrogen and oxygen atoms in total. The topological polar surface area (TPSA) is 87.7 Å². The Hall–Kier alpha value is -2.93. The Kier molecular flexibility index (Phi) is 7.85. The number of nitrogens with zero attached hydrogens (tertiary/aromatic N) is 1. The monoisotopic (exact) mass is 439 g/mol. The number of hydrogen-bond donors (Lipinski definition) is 2. The summed E-state index contributed by atoms with van der Waals surface area (Å²) in [6.45, 7) is 4.12. The molecule has 2 N–H and O–H groups in total. The van der Waals surface area contributed by atoms with Gasteiger partial charge in [0.15, 0.2) is 0 Å². The summed E-state index contributed by atoms with van der Waals surface area (Å²) in [6.07, 6.45) is 0.920. The van der Waals surface area contributed by atoms with E-state index in [0.29, 0.717) is 19.4 Å². The molecule has 0 saturated carbocycles. The molecule has 1 fully saturated rings. The minimum absolute atomic E-state index is 0.0557. The van der Waals surface area contributed by atoms with E-state index in [1.807, 2.05) is 56.3 Å². The Morgan fingerprint density at radius 3 is 2.47 bits per heavy atom. The van der Waals surface area contributed by atoms with Crippen molar-refractivity contribution >= 4 is 28.5 Å². The number of amides is 3. The van der Waals surface area contributed by atoms with Crippen molar-refractivity contribution in [3.8, 4) is 0 Å². The van der Waals surface area contributed by atoms with E-state index in [1.165, 1.54) is 4.90 Å². The van der Waals surface area contributed by atoms with Crippen LogP contribution in [0.2, 0.25) is 0 Å². The molecule has 32 heavy (non-hydrogen) atoms. The first kappa shape index (κ1) is 23.7. The number of ether oxygens (including phenoxy) is 1. The lowest BCUT2D eigenvalue weighted by Gasteiger charge is -2.23. The fraction of sp³-hybridized carbons (Fsp3) is 0.480. The van der Waals surface area contributed by atoms with Gasteiger partial charge in [0, 0.05) is 20.6 Å². The summed E-state index contributed by atoms with van der Waals surface area (Å²) in [6, 6.07) is 13.3. The summed E-state index contributed by atoms with van der Waals surface area (Å²) in [5.41, 5.74) is 0.903. The van der Waals surface area contributed by atoms with Crippen molar-refractivity contribution in [2.24, 2.45) is 5.92 Å². The molecule has 0 unspecified atom stereocenters. The SMILES string of the molecule is CC(C)[C@H](NC(=O)Cc1ccc2ccccc2c1)C(=O)NC[C@H]1CC[C@@H](C(=O)N(C)C)O1. The number of nitrogens with one attached hydrogen (secondary N) is 2. The third kappa shape index (κ3) is 6.07. The average molecular weight is 440 g/mol. The predicted octanol–water partition coefficient (Wildman–Crippen LogP) is 2.28. The van der Waals surface area contributed by atoms with Crippen molar-refractivity contribution in [2.75, 3.05) is 20.6 Å². The van der Waals surface area contributed by atoms with Crippen LogP contribution in [-0.2, 0) is 25.5 Å². The van der Waals surface area contributed by atoms with E-state index in [-0.39, 0.29) is 36.2 Å². The van der Waals surface area contributed by atoms with E-state index in [0.717, 1.165) is 16.3 Å². The molecule has 2 aromatic carbocycles. The van der Waals surface area contributed by atoms with Gasteiger partial charge in [-0.3, -0.25) is 14.4 Å². The summed E-state index contributed by atoms with van der Waals surface area (Å²) < 4.78 is 5.78. The maximum Gasteiger partial charge on any atom is 0.251 e. The van der Waals surface area contributed by atoms with Crippen LogP contribution in [0.5, 0.6) is 0 Å². The van der Waals surface area contributed by atoms with Crippen LogP contribution in [0.4, 0.5) is 0 Å². The molecule has 3 amide bonds. The maximum atomic E-state index is 12.8. The van der Waals surface area contributed by atoms with E-state index in [1.54, 1.807) is 14.1 Å². The van der Waals surface area contributed by atoms with Gasteiger partial charge in [-0.25, -0.2) is 0 Å². The van der Waals surface area contributed by atoms with E-state index in [4.69, 9.17) is 4.74 Å². The lowest BCUT2D eigenvalue weighted by Crippen LogP contribution is -2.51. The Bertz CT molecular complexity index is 973. The minimum Gasteiger partial charge on any atom is -0.363 e. The first-order valence-corrected chi connectivity index (χ1v) is 11.2.